The third-order valence-electron chi connectivity index (χ3n) is 6.23. The van der Waals surface area contributed by atoms with Crippen LogP contribution in [0, 0.1) is 13.8 Å². The third kappa shape index (κ3) is 2.99. The van der Waals surface area contributed by atoms with Gasteiger partial charge >= 0.3 is 0 Å². The van der Waals surface area contributed by atoms with Gasteiger partial charge in [0.15, 0.2) is 0 Å². The number of aryl methyl sites for hydroxylation is 2. The van der Waals surface area contributed by atoms with Crippen LogP contribution in [0.15, 0.2) is 48.5 Å². The van der Waals surface area contributed by atoms with E-state index in [2.05, 4.69) is 37.3 Å². The Hall–Kier alpha value is -1.99. The lowest BCUT2D eigenvalue weighted by atomic mass is 9.74. The zero-order valence-corrected chi connectivity index (χ0v) is 16.2. The Bertz CT molecular complexity index is 935. The van der Waals surface area contributed by atoms with Gasteiger partial charge in [0.2, 0.25) is 0 Å². The molecule has 1 N–H and O–H groups in total. The number of hydrogen-bond donors (Lipinski definition) is 1. The van der Waals surface area contributed by atoms with Crippen molar-refractivity contribution in [1.82, 2.24) is 0 Å². The van der Waals surface area contributed by atoms with Gasteiger partial charge < -0.3 is 5.11 Å². The van der Waals surface area contributed by atoms with Crippen LogP contribution in [0.5, 0.6) is 5.75 Å². The molecule has 0 aromatic heterocycles. The topological polar surface area (TPSA) is 20.2 Å². The standard InChI is InChI=1S/C24H25ClO/c1-15-21-5-3-4-6-22(21)16(2)24(26)23(15)19-9-7-17(8-10-19)18-11-13-20(25)14-12-18/h3-6,11-14,17,19,26H,7-10H2,1-2H3/t17-,19-. The number of fused-ring (bicyclic) bond motifs is 1. The lowest BCUT2D eigenvalue weighted by Crippen LogP contribution is -2.13. The van der Waals surface area contributed by atoms with Crippen molar-refractivity contribution in [2.75, 3.05) is 0 Å². The van der Waals surface area contributed by atoms with E-state index in [1.54, 1.807) is 0 Å². The van der Waals surface area contributed by atoms with Gasteiger partial charge in [0.1, 0.15) is 5.75 Å². The van der Waals surface area contributed by atoms with Crippen molar-refractivity contribution >= 4 is 22.4 Å². The molecular weight excluding hydrogens is 340 g/mol. The summed E-state index contributed by atoms with van der Waals surface area (Å²) in [5.41, 5.74) is 4.83. The minimum absolute atomic E-state index is 0.446. The van der Waals surface area contributed by atoms with Gasteiger partial charge in [-0.15, -0.1) is 0 Å². The van der Waals surface area contributed by atoms with Gasteiger partial charge in [-0.1, -0.05) is 48.0 Å². The van der Waals surface area contributed by atoms with E-state index in [-0.39, 0.29) is 0 Å². The van der Waals surface area contributed by atoms with E-state index >= 15 is 0 Å². The van der Waals surface area contributed by atoms with Crippen molar-refractivity contribution in [1.29, 1.82) is 0 Å². The number of halogens is 1. The smallest absolute Gasteiger partial charge is 0.122 e. The molecule has 0 aliphatic heterocycles. The number of aromatic hydroxyl groups is 1. The average molecular weight is 365 g/mol. The number of rotatable bonds is 2. The van der Waals surface area contributed by atoms with Crippen LogP contribution in [0.1, 0.15) is 59.8 Å². The van der Waals surface area contributed by atoms with Crippen LogP contribution in [0.3, 0.4) is 0 Å². The summed E-state index contributed by atoms with van der Waals surface area (Å²) in [6.07, 6.45) is 4.58. The molecule has 2 heteroatoms. The van der Waals surface area contributed by atoms with Crippen molar-refractivity contribution in [2.24, 2.45) is 0 Å². The highest BCUT2D eigenvalue weighted by Gasteiger charge is 2.27. The molecule has 0 bridgehead atoms. The first-order chi connectivity index (χ1) is 12.6. The van der Waals surface area contributed by atoms with Crippen molar-refractivity contribution in [3.8, 4) is 5.75 Å². The minimum atomic E-state index is 0.446. The number of hydrogen-bond acceptors (Lipinski definition) is 1. The Labute approximate surface area is 160 Å². The molecule has 1 aliphatic carbocycles. The molecule has 0 radical (unpaired) electrons. The van der Waals surface area contributed by atoms with Crippen molar-refractivity contribution < 1.29 is 5.11 Å². The Morgan fingerprint density at radius 1 is 0.769 bits per heavy atom. The second-order valence-electron chi connectivity index (χ2n) is 7.66. The van der Waals surface area contributed by atoms with E-state index in [1.165, 1.54) is 27.5 Å². The molecule has 0 heterocycles. The lowest BCUT2D eigenvalue weighted by Gasteiger charge is -2.31. The minimum Gasteiger partial charge on any atom is -0.507 e. The molecule has 4 rings (SSSR count). The van der Waals surface area contributed by atoms with Crippen molar-refractivity contribution in [3.05, 3.63) is 75.8 Å². The molecule has 0 spiro atoms. The third-order valence-corrected chi connectivity index (χ3v) is 6.48. The van der Waals surface area contributed by atoms with Crippen LogP contribution in [-0.2, 0) is 0 Å². The van der Waals surface area contributed by atoms with Gasteiger partial charge in [0.25, 0.3) is 0 Å². The maximum Gasteiger partial charge on any atom is 0.122 e. The number of phenolic OH excluding ortho intramolecular Hbond substituents is 1. The Morgan fingerprint density at radius 3 is 1.92 bits per heavy atom. The highest BCUT2D eigenvalue weighted by molar-refractivity contribution is 6.30. The number of benzene rings is 3. The summed E-state index contributed by atoms with van der Waals surface area (Å²) in [6.45, 7) is 4.21. The second kappa shape index (κ2) is 6.96. The fourth-order valence-corrected chi connectivity index (χ4v) is 4.87. The van der Waals surface area contributed by atoms with E-state index in [0.717, 1.165) is 36.3 Å². The Morgan fingerprint density at radius 2 is 1.31 bits per heavy atom. The largest absolute Gasteiger partial charge is 0.507 e. The Balaban J connectivity index is 1.63. The van der Waals surface area contributed by atoms with E-state index in [9.17, 15) is 5.11 Å². The van der Waals surface area contributed by atoms with Crippen LogP contribution in [-0.4, -0.2) is 5.11 Å². The van der Waals surface area contributed by atoms with E-state index < -0.39 is 0 Å². The molecule has 0 unspecified atom stereocenters. The Kier molecular flexibility index (Phi) is 4.67. The molecule has 0 amide bonds. The molecule has 26 heavy (non-hydrogen) atoms. The average Bonchev–Trinajstić information content (AvgIpc) is 2.68. The molecule has 1 fully saturated rings. The molecular formula is C24H25ClO. The fourth-order valence-electron chi connectivity index (χ4n) is 4.74. The van der Waals surface area contributed by atoms with Crippen LogP contribution in [0.4, 0.5) is 0 Å². The summed E-state index contributed by atoms with van der Waals surface area (Å²) < 4.78 is 0. The van der Waals surface area contributed by atoms with Crippen LogP contribution in [0.2, 0.25) is 5.02 Å². The predicted octanol–water partition coefficient (Wildman–Crippen LogP) is 7.26. The highest BCUT2D eigenvalue weighted by atomic mass is 35.5. The van der Waals surface area contributed by atoms with Crippen molar-refractivity contribution in [2.45, 2.75) is 51.4 Å². The van der Waals surface area contributed by atoms with Crippen molar-refractivity contribution in [3.63, 3.8) is 0 Å². The summed E-state index contributed by atoms with van der Waals surface area (Å²) in [5.74, 6) is 1.56. The molecule has 134 valence electrons. The molecule has 1 saturated carbocycles. The van der Waals surface area contributed by atoms with Gasteiger partial charge in [-0.2, -0.15) is 0 Å². The monoisotopic (exact) mass is 364 g/mol. The molecule has 3 aromatic rings. The SMILES string of the molecule is Cc1c(O)c([C@H]2CC[C@H](c3ccc(Cl)cc3)CC2)c(C)c2ccccc12. The van der Waals surface area contributed by atoms with Crippen LogP contribution < -0.4 is 0 Å². The van der Waals surface area contributed by atoms with Crippen LogP contribution >= 0.6 is 11.6 Å². The van der Waals surface area contributed by atoms with E-state index in [1.807, 2.05) is 25.1 Å². The summed E-state index contributed by atoms with van der Waals surface area (Å²) >= 11 is 6.02. The van der Waals surface area contributed by atoms with E-state index in [0.29, 0.717) is 17.6 Å². The molecule has 0 atom stereocenters. The fraction of sp³-hybridized carbons (Fsp3) is 0.333. The predicted molar refractivity (Wildman–Crippen MR) is 110 cm³/mol. The van der Waals surface area contributed by atoms with Gasteiger partial charge in [-0.05, 0) is 91.0 Å². The summed E-state index contributed by atoms with van der Waals surface area (Å²) in [6, 6.07) is 16.7. The second-order valence-corrected chi connectivity index (χ2v) is 8.09. The zero-order chi connectivity index (χ0) is 18.3. The first-order valence-corrected chi connectivity index (χ1v) is 9.90. The summed E-state index contributed by atoms with van der Waals surface area (Å²) in [7, 11) is 0. The summed E-state index contributed by atoms with van der Waals surface area (Å²) in [5, 5.41) is 14.2. The zero-order valence-electron chi connectivity index (χ0n) is 15.4. The lowest BCUT2D eigenvalue weighted by molar-refractivity contribution is 0.380. The van der Waals surface area contributed by atoms with Gasteiger partial charge in [0.05, 0.1) is 0 Å². The first kappa shape index (κ1) is 17.4. The normalized spacial score (nSPS) is 20.4. The first-order valence-electron chi connectivity index (χ1n) is 9.52. The quantitative estimate of drug-likeness (QED) is 0.507. The van der Waals surface area contributed by atoms with Gasteiger partial charge in [-0.25, -0.2) is 0 Å². The molecule has 0 saturated heterocycles. The highest BCUT2D eigenvalue weighted by Crippen LogP contribution is 2.46. The van der Waals surface area contributed by atoms with Gasteiger partial charge in [-0.3, -0.25) is 0 Å². The molecule has 1 aliphatic rings. The van der Waals surface area contributed by atoms with E-state index in [4.69, 9.17) is 11.6 Å². The maximum atomic E-state index is 10.9. The van der Waals surface area contributed by atoms with Crippen LogP contribution in [0.25, 0.3) is 10.8 Å². The summed E-state index contributed by atoms with van der Waals surface area (Å²) in [4.78, 5) is 0. The molecule has 1 nitrogen and oxygen atoms in total. The number of phenols is 1. The van der Waals surface area contributed by atoms with Gasteiger partial charge in [0, 0.05) is 10.6 Å². The molecule has 3 aromatic carbocycles. The maximum absolute atomic E-state index is 10.9.